The van der Waals surface area contributed by atoms with Crippen molar-refractivity contribution in [3.05, 3.63) is 59.7 Å². The third-order valence-electron chi connectivity index (χ3n) is 3.21. The normalized spacial score (nSPS) is 12.3. The number of esters is 1. The number of hydrogen-bond donors (Lipinski definition) is 2. The summed E-state index contributed by atoms with van der Waals surface area (Å²) < 4.78 is 42.9. The van der Waals surface area contributed by atoms with Crippen LogP contribution in [0.3, 0.4) is 0 Å². The Kier molecular flexibility index (Phi) is 5.31. The molecule has 0 fully saturated rings. The van der Waals surface area contributed by atoms with Crippen molar-refractivity contribution in [2.75, 3.05) is 5.32 Å². The number of carbonyl (C=O) groups excluding carboxylic acids is 2. The Hall–Kier alpha value is -3.03. The number of carbonyl (C=O) groups is 2. The number of aromatic hydroxyl groups is 1. The second-order valence-electron chi connectivity index (χ2n) is 5.16. The van der Waals surface area contributed by atoms with E-state index < -0.39 is 29.7 Å². The van der Waals surface area contributed by atoms with Gasteiger partial charge in [0.15, 0.2) is 6.10 Å². The van der Waals surface area contributed by atoms with Crippen molar-refractivity contribution in [1.82, 2.24) is 0 Å². The number of amides is 1. The molecular weight excluding hydrogens is 339 g/mol. The molecule has 1 amide bonds. The van der Waals surface area contributed by atoms with Crippen LogP contribution in [0, 0.1) is 0 Å². The second kappa shape index (κ2) is 7.25. The van der Waals surface area contributed by atoms with Gasteiger partial charge >= 0.3 is 12.1 Å². The number of anilines is 1. The Morgan fingerprint density at radius 1 is 1.12 bits per heavy atom. The molecule has 0 radical (unpaired) electrons. The molecule has 0 bridgehead atoms. The van der Waals surface area contributed by atoms with Crippen LogP contribution in [0.25, 0.3) is 0 Å². The van der Waals surface area contributed by atoms with Crippen LogP contribution in [-0.4, -0.2) is 23.1 Å². The monoisotopic (exact) mass is 353 g/mol. The SMILES string of the molecule is C[C@@H](OC(=O)c1ccc(O)cc1)C(=O)Nc1cccc(C(F)(F)F)c1. The zero-order chi connectivity index (χ0) is 18.6. The van der Waals surface area contributed by atoms with E-state index in [-0.39, 0.29) is 17.0 Å². The van der Waals surface area contributed by atoms with E-state index in [0.717, 1.165) is 18.2 Å². The van der Waals surface area contributed by atoms with Gasteiger partial charge in [0.1, 0.15) is 5.75 Å². The molecular formula is C17H14F3NO4. The molecule has 132 valence electrons. The van der Waals surface area contributed by atoms with E-state index >= 15 is 0 Å². The van der Waals surface area contributed by atoms with Crippen molar-refractivity contribution < 1.29 is 32.6 Å². The van der Waals surface area contributed by atoms with Gasteiger partial charge in [-0.05, 0) is 49.4 Å². The molecule has 0 aromatic heterocycles. The number of phenolic OH excluding ortho intramolecular Hbond substituents is 1. The van der Waals surface area contributed by atoms with E-state index in [9.17, 15) is 22.8 Å². The van der Waals surface area contributed by atoms with Gasteiger partial charge in [0.2, 0.25) is 0 Å². The molecule has 0 saturated heterocycles. The summed E-state index contributed by atoms with van der Waals surface area (Å²) in [4.78, 5) is 23.9. The highest BCUT2D eigenvalue weighted by Crippen LogP contribution is 2.30. The fourth-order valence-corrected chi connectivity index (χ4v) is 1.90. The van der Waals surface area contributed by atoms with Crippen LogP contribution >= 0.6 is 0 Å². The van der Waals surface area contributed by atoms with Crippen LogP contribution < -0.4 is 5.32 Å². The second-order valence-corrected chi connectivity index (χ2v) is 5.16. The fraction of sp³-hybridized carbons (Fsp3) is 0.176. The Labute approximate surface area is 141 Å². The molecule has 25 heavy (non-hydrogen) atoms. The van der Waals surface area contributed by atoms with Crippen molar-refractivity contribution in [2.24, 2.45) is 0 Å². The van der Waals surface area contributed by atoms with Crippen molar-refractivity contribution in [3.8, 4) is 5.75 Å². The molecule has 5 nitrogen and oxygen atoms in total. The highest BCUT2D eigenvalue weighted by Gasteiger charge is 2.30. The molecule has 2 aromatic rings. The molecule has 2 aromatic carbocycles. The van der Waals surface area contributed by atoms with Gasteiger partial charge in [-0.15, -0.1) is 0 Å². The maximum atomic E-state index is 12.7. The number of ether oxygens (including phenoxy) is 1. The number of rotatable bonds is 4. The van der Waals surface area contributed by atoms with Crippen LogP contribution in [0.15, 0.2) is 48.5 Å². The van der Waals surface area contributed by atoms with Crippen molar-refractivity contribution in [3.63, 3.8) is 0 Å². The number of alkyl halides is 3. The number of nitrogens with one attached hydrogen (secondary N) is 1. The van der Waals surface area contributed by atoms with E-state index in [1.54, 1.807) is 0 Å². The van der Waals surface area contributed by atoms with Gasteiger partial charge in [0.25, 0.3) is 5.91 Å². The molecule has 8 heteroatoms. The summed E-state index contributed by atoms with van der Waals surface area (Å²) in [6, 6.07) is 9.31. The zero-order valence-electron chi connectivity index (χ0n) is 13.0. The molecule has 0 heterocycles. The van der Waals surface area contributed by atoms with Gasteiger partial charge in [-0.1, -0.05) is 6.07 Å². The summed E-state index contributed by atoms with van der Waals surface area (Å²) in [6.07, 6.45) is -5.76. The summed E-state index contributed by atoms with van der Waals surface area (Å²) in [6.45, 7) is 1.29. The summed E-state index contributed by atoms with van der Waals surface area (Å²) in [7, 11) is 0. The summed E-state index contributed by atoms with van der Waals surface area (Å²) in [5, 5.41) is 11.4. The summed E-state index contributed by atoms with van der Waals surface area (Å²) >= 11 is 0. The molecule has 0 saturated carbocycles. The molecule has 0 unspecified atom stereocenters. The average Bonchev–Trinajstić information content (AvgIpc) is 2.54. The third-order valence-corrected chi connectivity index (χ3v) is 3.21. The first-order valence-corrected chi connectivity index (χ1v) is 7.15. The van der Waals surface area contributed by atoms with Gasteiger partial charge in [0, 0.05) is 5.69 Å². The van der Waals surface area contributed by atoms with Gasteiger partial charge < -0.3 is 15.2 Å². The molecule has 2 rings (SSSR count). The predicted molar refractivity (Wildman–Crippen MR) is 83.1 cm³/mol. The van der Waals surface area contributed by atoms with E-state index in [0.29, 0.717) is 0 Å². The van der Waals surface area contributed by atoms with Crippen molar-refractivity contribution in [2.45, 2.75) is 19.2 Å². The first kappa shape index (κ1) is 18.3. The van der Waals surface area contributed by atoms with Crippen molar-refractivity contribution in [1.29, 1.82) is 0 Å². The van der Waals surface area contributed by atoms with Crippen LogP contribution in [0.4, 0.5) is 18.9 Å². The summed E-state index contributed by atoms with van der Waals surface area (Å²) in [5.74, 6) is -1.61. The van der Waals surface area contributed by atoms with Crippen LogP contribution in [0.1, 0.15) is 22.8 Å². The molecule has 1 atom stereocenters. The quantitative estimate of drug-likeness (QED) is 0.824. The summed E-state index contributed by atoms with van der Waals surface area (Å²) in [5.41, 5.74) is -0.845. The largest absolute Gasteiger partial charge is 0.508 e. The Bertz CT molecular complexity index is 772. The molecule has 0 aliphatic carbocycles. The molecule has 2 N–H and O–H groups in total. The van der Waals surface area contributed by atoms with Crippen LogP contribution in [-0.2, 0) is 15.7 Å². The van der Waals surface area contributed by atoms with Crippen LogP contribution in [0.2, 0.25) is 0 Å². The molecule has 0 aliphatic rings. The van der Waals surface area contributed by atoms with Crippen LogP contribution in [0.5, 0.6) is 5.75 Å². The highest BCUT2D eigenvalue weighted by atomic mass is 19.4. The maximum absolute atomic E-state index is 12.7. The third kappa shape index (κ3) is 4.97. The van der Waals surface area contributed by atoms with Gasteiger partial charge in [-0.3, -0.25) is 4.79 Å². The Morgan fingerprint density at radius 2 is 1.76 bits per heavy atom. The Morgan fingerprint density at radius 3 is 2.36 bits per heavy atom. The first-order chi connectivity index (χ1) is 11.7. The number of hydrogen-bond acceptors (Lipinski definition) is 4. The minimum Gasteiger partial charge on any atom is -0.508 e. The van der Waals surface area contributed by atoms with E-state index in [1.807, 2.05) is 0 Å². The lowest BCUT2D eigenvalue weighted by Gasteiger charge is -2.14. The number of phenols is 1. The maximum Gasteiger partial charge on any atom is 0.416 e. The number of halogens is 3. The number of benzene rings is 2. The topological polar surface area (TPSA) is 75.6 Å². The highest BCUT2D eigenvalue weighted by molar-refractivity contribution is 5.97. The smallest absolute Gasteiger partial charge is 0.416 e. The predicted octanol–water partition coefficient (Wildman–Crippen LogP) is 3.60. The Balaban J connectivity index is 2.01. The first-order valence-electron chi connectivity index (χ1n) is 7.15. The fourth-order valence-electron chi connectivity index (χ4n) is 1.90. The minimum absolute atomic E-state index is 0.0353. The lowest BCUT2D eigenvalue weighted by Crippen LogP contribution is -2.30. The lowest BCUT2D eigenvalue weighted by atomic mass is 10.2. The van der Waals surface area contributed by atoms with Crippen molar-refractivity contribution >= 4 is 17.6 Å². The van der Waals surface area contributed by atoms with E-state index in [4.69, 9.17) is 9.84 Å². The zero-order valence-corrected chi connectivity index (χ0v) is 13.0. The lowest BCUT2D eigenvalue weighted by molar-refractivity contribution is -0.137. The van der Waals surface area contributed by atoms with E-state index in [1.165, 1.54) is 37.3 Å². The van der Waals surface area contributed by atoms with E-state index in [2.05, 4.69) is 5.32 Å². The van der Waals surface area contributed by atoms with Gasteiger partial charge in [-0.2, -0.15) is 13.2 Å². The average molecular weight is 353 g/mol. The van der Waals surface area contributed by atoms with Gasteiger partial charge in [-0.25, -0.2) is 4.79 Å². The van der Waals surface area contributed by atoms with Gasteiger partial charge in [0.05, 0.1) is 11.1 Å². The minimum atomic E-state index is -4.53. The molecule has 0 spiro atoms. The molecule has 0 aliphatic heterocycles. The standard InChI is InChI=1S/C17H14F3NO4/c1-10(25-16(24)11-5-7-14(22)8-6-11)15(23)21-13-4-2-3-12(9-13)17(18,19)20/h2-10,22H,1H3,(H,21,23)/t10-/m1/s1.